The number of rotatable bonds is 15. The Labute approximate surface area is 144 Å². The fraction of sp³-hybridized carbons (Fsp3) is 0.722. The van der Waals surface area contributed by atoms with Crippen molar-refractivity contribution in [3.05, 3.63) is 12.2 Å². The van der Waals surface area contributed by atoms with Crippen molar-refractivity contribution in [2.75, 3.05) is 13.2 Å². The van der Waals surface area contributed by atoms with Crippen LogP contribution in [-0.2, 0) is 23.9 Å². The van der Waals surface area contributed by atoms with Crippen molar-refractivity contribution in [2.24, 2.45) is 0 Å². The molecule has 0 saturated carbocycles. The van der Waals surface area contributed by atoms with Gasteiger partial charge in [0.05, 0.1) is 13.2 Å². The van der Waals surface area contributed by atoms with Crippen LogP contribution >= 0.6 is 0 Å². The second-order valence-corrected chi connectivity index (χ2v) is 5.86. The average molecular weight is 342 g/mol. The van der Waals surface area contributed by atoms with E-state index in [4.69, 9.17) is 14.6 Å². The van der Waals surface area contributed by atoms with E-state index in [1.54, 1.807) is 6.92 Å². The lowest BCUT2D eigenvalue weighted by atomic mass is 10.1. The zero-order chi connectivity index (χ0) is 18.2. The number of carboxylic acids is 1. The standard InChI is InChI=1S/C18H30O6/c1-15(2)18(22)24-14-10-6-4-3-5-9-13-23-17(21)12-8-7-11-16(19)20/h1,3-14H2,2H3,(H,19,20). The molecule has 0 spiro atoms. The summed E-state index contributed by atoms with van der Waals surface area (Å²) in [7, 11) is 0. The molecule has 0 unspecified atom stereocenters. The molecule has 0 atom stereocenters. The molecule has 0 aliphatic carbocycles. The zero-order valence-electron chi connectivity index (χ0n) is 14.7. The highest BCUT2D eigenvalue weighted by Gasteiger charge is 2.04. The monoisotopic (exact) mass is 342 g/mol. The number of unbranched alkanes of at least 4 members (excludes halogenated alkanes) is 6. The van der Waals surface area contributed by atoms with Crippen molar-refractivity contribution in [1.29, 1.82) is 0 Å². The summed E-state index contributed by atoms with van der Waals surface area (Å²) in [6, 6.07) is 0. The molecule has 0 rings (SSSR count). The van der Waals surface area contributed by atoms with Gasteiger partial charge in [-0.05, 0) is 32.6 Å². The van der Waals surface area contributed by atoms with Crippen molar-refractivity contribution in [2.45, 2.75) is 71.1 Å². The van der Waals surface area contributed by atoms with Gasteiger partial charge in [0.1, 0.15) is 0 Å². The molecule has 0 bridgehead atoms. The molecule has 0 fully saturated rings. The summed E-state index contributed by atoms with van der Waals surface area (Å²) in [5.74, 6) is -1.42. The van der Waals surface area contributed by atoms with Crippen LogP contribution in [0.3, 0.4) is 0 Å². The maximum Gasteiger partial charge on any atom is 0.333 e. The Morgan fingerprint density at radius 2 is 1.29 bits per heavy atom. The van der Waals surface area contributed by atoms with Crippen LogP contribution in [0.15, 0.2) is 12.2 Å². The van der Waals surface area contributed by atoms with Crippen LogP contribution < -0.4 is 0 Å². The first-order valence-corrected chi connectivity index (χ1v) is 8.63. The Morgan fingerprint density at radius 3 is 1.83 bits per heavy atom. The van der Waals surface area contributed by atoms with Crippen molar-refractivity contribution < 1.29 is 29.0 Å². The minimum Gasteiger partial charge on any atom is -0.481 e. The number of ether oxygens (including phenoxy) is 2. The molecule has 138 valence electrons. The van der Waals surface area contributed by atoms with Gasteiger partial charge < -0.3 is 14.6 Å². The summed E-state index contributed by atoms with van der Waals surface area (Å²) in [4.78, 5) is 32.8. The van der Waals surface area contributed by atoms with Crippen LogP contribution in [0.4, 0.5) is 0 Å². The molecule has 6 nitrogen and oxygen atoms in total. The Hall–Kier alpha value is -1.85. The van der Waals surface area contributed by atoms with E-state index in [2.05, 4.69) is 6.58 Å². The first-order chi connectivity index (χ1) is 11.4. The molecule has 0 radical (unpaired) electrons. The number of aliphatic carboxylic acids is 1. The first kappa shape index (κ1) is 22.1. The van der Waals surface area contributed by atoms with E-state index < -0.39 is 5.97 Å². The summed E-state index contributed by atoms with van der Waals surface area (Å²) in [5.41, 5.74) is 0.423. The Balaban J connectivity index is 3.27. The normalized spacial score (nSPS) is 10.2. The number of carbonyl (C=O) groups excluding carboxylic acids is 2. The zero-order valence-corrected chi connectivity index (χ0v) is 14.7. The molecule has 1 N–H and O–H groups in total. The van der Waals surface area contributed by atoms with Gasteiger partial charge in [-0.2, -0.15) is 0 Å². The second kappa shape index (κ2) is 14.7. The van der Waals surface area contributed by atoms with E-state index >= 15 is 0 Å². The molecular formula is C18H30O6. The Kier molecular flexibility index (Phi) is 13.6. The fourth-order valence-corrected chi connectivity index (χ4v) is 2.00. The molecule has 0 aliphatic rings. The van der Waals surface area contributed by atoms with E-state index in [-0.39, 0.29) is 24.8 Å². The smallest absolute Gasteiger partial charge is 0.333 e. The third-order valence-corrected chi connectivity index (χ3v) is 3.40. The van der Waals surface area contributed by atoms with Gasteiger partial charge in [-0.1, -0.05) is 32.3 Å². The van der Waals surface area contributed by atoms with E-state index in [0.717, 1.165) is 38.5 Å². The van der Waals surface area contributed by atoms with E-state index in [9.17, 15) is 14.4 Å². The van der Waals surface area contributed by atoms with E-state index in [1.165, 1.54) is 0 Å². The Bertz CT molecular complexity index is 402. The quantitative estimate of drug-likeness (QED) is 0.278. The molecule has 0 amide bonds. The van der Waals surface area contributed by atoms with Crippen LogP contribution in [0.25, 0.3) is 0 Å². The van der Waals surface area contributed by atoms with Crippen LogP contribution in [0.2, 0.25) is 0 Å². The number of carbonyl (C=O) groups is 3. The minimum atomic E-state index is -0.836. The molecule has 0 aromatic heterocycles. The molecular weight excluding hydrogens is 312 g/mol. The van der Waals surface area contributed by atoms with Crippen LogP contribution in [-0.4, -0.2) is 36.2 Å². The summed E-state index contributed by atoms with van der Waals surface area (Å²) in [6.07, 6.45) is 7.27. The number of carboxylic acid groups (broad SMARTS) is 1. The van der Waals surface area contributed by atoms with Gasteiger partial charge >= 0.3 is 17.9 Å². The molecule has 24 heavy (non-hydrogen) atoms. The first-order valence-electron chi connectivity index (χ1n) is 8.63. The highest BCUT2D eigenvalue weighted by atomic mass is 16.5. The molecule has 0 aromatic rings. The maximum absolute atomic E-state index is 11.4. The molecule has 0 heterocycles. The highest BCUT2D eigenvalue weighted by molar-refractivity contribution is 5.86. The van der Waals surface area contributed by atoms with Gasteiger partial charge in [-0.15, -0.1) is 0 Å². The van der Waals surface area contributed by atoms with Crippen molar-refractivity contribution in [1.82, 2.24) is 0 Å². The average Bonchev–Trinajstić information content (AvgIpc) is 2.52. The summed E-state index contributed by atoms with van der Waals surface area (Å²) >= 11 is 0. The summed E-state index contributed by atoms with van der Waals surface area (Å²) in [5, 5.41) is 8.48. The van der Waals surface area contributed by atoms with Gasteiger partial charge in [0.2, 0.25) is 0 Å². The predicted molar refractivity (Wildman–Crippen MR) is 90.5 cm³/mol. The van der Waals surface area contributed by atoms with Crippen molar-refractivity contribution >= 4 is 17.9 Å². The van der Waals surface area contributed by atoms with E-state index in [0.29, 0.717) is 31.6 Å². The van der Waals surface area contributed by atoms with Crippen molar-refractivity contribution in [3.8, 4) is 0 Å². The second-order valence-electron chi connectivity index (χ2n) is 5.86. The predicted octanol–water partition coefficient (Wildman–Crippen LogP) is 3.63. The SMILES string of the molecule is C=C(C)C(=O)OCCCCCCCCOC(=O)CCCCC(=O)O. The topological polar surface area (TPSA) is 89.9 Å². The largest absolute Gasteiger partial charge is 0.481 e. The molecule has 0 aromatic carbocycles. The summed E-state index contributed by atoms with van der Waals surface area (Å²) < 4.78 is 10.1. The third-order valence-electron chi connectivity index (χ3n) is 3.40. The lowest BCUT2D eigenvalue weighted by molar-refractivity contribution is -0.144. The van der Waals surface area contributed by atoms with Gasteiger partial charge in [0.15, 0.2) is 0 Å². The fourth-order valence-electron chi connectivity index (χ4n) is 2.00. The Morgan fingerprint density at radius 1 is 0.792 bits per heavy atom. The van der Waals surface area contributed by atoms with Gasteiger partial charge in [-0.3, -0.25) is 9.59 Å². The van der Waals surface area contributed by atoms with Crippen LogP contribution in [0, 0.1) is 0 Å². The van der Waals surface area contributed by atoms with Gasteiger partial charge in [0.25, 0.3) is 0 Å². The van der Waals surface area contributed by atoms with Gasteiger partial charge in [-0.25, -0.2) is 4.79 Å². The maximum atomic E-state index is 11.4. The van der Waals surface area contributed by atoms with E-state index in [1.807, 2.05) is 0 Å². The van der Waals surface area contributed by atoms with Crippen LogP contribution in [0.1, 0.15) is 71.1 Å². The van der Waals surface area contributed by atoms with Crippen LogP contribution in [0.5, 0.6) is 0 Å². The van der Waals surface area contributed by atoms with Crippen molar-refractivity contribution in [3.63, 3.8) is 0 Å². The summed E-state index contributed by atoms with van der Waals surface area (Å²) in [6.45, 7) is 6.01. The highest BCUT2D eigenvalue weighted by Crippen LogP contribution is 2.07. The molecule has 0 saturated heterocycles. The lowest BCUT2D eigenvalue weighted by Crippen LogP contribution is -2.06. The lowest BCUT2D eigenvalue weighted by Gasteiger charge is -2.05. The minimum absolute atomic E-state index is 0.0969. The number of esters is 2. The van der Waals surface area contributed by atoms with Gasteiger partial charge in [0, 0.05) is 18.4 Å². The third kappa shape index (κ3) is 15.1. The number of hydrogen-bond donors (Lipinski definition) is 1. The molecule has 6 heteroatoms. The number of hydrogen-bond acceptors (Lipinski definition) is 5. The molecule has 0 aliphatic heterocycles.